The van der Waals surface area contributed by atoms with Gasteiger partial charge in [-0.05, 0) is 50.5 Å². The molecular formula is C17H29Cl3N4OS. The SMILES string of the molecule is O=C(CCC1CCCCC1)NC(NC(=S)NC1CCNCC1)C(Cl)(Cl)Cl. The average Bonchev–Trinajstić information content (AvgIpc) is 2.60. The zero-order valence-corrected chi connectivity index (χ0v) is 18.0. The van der Waals surface area contributed by atoms with Gasteiger partial charge in [-0.2, -0.15) is 0 Å². The first-order valence-electron chi connectivity index (χ1n) is 9.48. The summed E-state index contributed by atoms with van der Waals surface area (Å²) in [4.78, 5) is 12.3. The number of rotatable bonds is 6. The van der Waals surface area contributed by atoms with Gasteiger partial charge in [0.1, 0.15) is 6.17 Å². The molecule has 0 aromatic carbocycles. The molecule has 1 atom stereocenters. The molecule has 0 aromatic heterocycles. The van der Waals surface area contributed by atoms with Crippen LogP contribution in [0.5, 0.6) is 0 Å². The Morgan fingerprint density at radius 1 is 1.08 bits per heavy atom. The van der Waals surface area contributed by atoms with Crippen LogP contribution >= 0.6 is 47.0 Å². The van der Waals surface area contributed by atoms with Gasteiger partial charge in [0.25, 0.3) is 0 Å². The molecule has 1 unspecified atom stereocenters. The molecule has 0 spiro atoms. The van der Waals surface area contributed by atoms with Crippen LogP contribution in [0.4, 0.5) is 0 Å². The molecule has 2 rings (SSSR count). The Labute approximate surface area is 176 Å². The summed E-state index contributed by atoms with van der Waals surface area (Å²) < 4.78 is -1.69. The van der Waals surface area contributed by atoms with Crippen molar-refractivity contribution in [1.29, 1.82) is 0 Å². The van der Waals surface area contributed by atoms with E-state index in [1.807, 2.05) is 0 Å². The van der Waals surface area contributed by atoms with Crippen molar-refractivity contribution in [3.63, 3.8) is 0 Å². The second kappa shape index (κ2) is 11.1. The van der Waals surface area contributed by atoms with E-state index in [-0.39, 0.29) is 11.9 Å². The second-order valence-corrected chi connectivity index (χ2v) is 10.0. The molecule has 1 saturated carbocycles. The number of thiocarbonyl (C=S) groups is 1. The number of hydrogen-bond donors (Lipinski definition) is 4. The molecule has 4 N–H and O–H groups in total. The Kier molecular flexibility index (Phi) is 9.52. The highest BCUT2D eigenvalue weighted by molar-refractivity contribution is 7.80. The van der Waals surface area contributed by atoms with Crippen molar-refractivity contribution in [2.45, 2.75) is 73.8 Å². The first-order chi connectivity index (χ1) is 12.3. The quantitative estimate of drug-likeness (QED) is 0.288. The van der Waals surface area contributed by atoms with E-state index in [4.69, 9.17) is 47.0 Å². The zero-order chi connectivity index (χ0) is 19.0. The van der Waals surface area contributed by atoms with Gasteiger partial charge in [0.2, 0.25) is 9.70 Å². The molecule has 0 aromatic rings. The van der Waals surface area contributed by atoms with Crippen molar-refractivity contribution in [1.82, 2.24) is 21.3 Å². The monoisotopic (exact) mass is 442 g/mol. The minimum Gasteiger partial charge on any atom is -0.360 e. The fraction of sp³-hybridized carbons (Fsp3) is 0.882. The Bertz CT molecular complexity index is 463. The third kappa shape index (κ3) is 8.34. The summed E-state index contributed by atoms with van der Waals surface area (Å²) in [6.07, 6.45) is 8.68. The molecule has 0 bridgehead atoms. The number of amides is 1. The first-order valence-corrected chi connectivity index (χ1v) is 11.0. The molecule has 26 heavy (non-hydrogen) atoms. The van der Waals surface area contributed by atoms with Crippen LogP contribution in [0, 0.1) is 5.92 Å². The number of piperidine rings is 1. The number of carbonyl (C=O) groups is 1. The maximum atomic E-state index is 12.3. The van der Waals surface area contributed by atoms with Gasteiger partial charge in [-0.25, -0.2) is 0 Å². The third-order valence-electron chi connectivity index (χ3n) is 5.09. The fourth-order valence-corrected chi connectivity index (χ4v) is 4.18. The van der Waals surface area contributed by atoms with Crippen LogP contribution in [0.3, 0.4) is 0 Å². The van der Waals surface area contributed by atoms with Gasteiger partial charge >= 0.3 is 0 Å². The largest absolute Gasteiger partial charge is 0.360 e. The van der Waals surface area contributed by atoms with Gasteiger partial charge in [-0.1, -0.05) is 66.9 Å². The molecule has 1 heterocycles. The van der Waals surface area contributed by atoms with Gasteiger partial charge < -0.3 is 21.3 Å². The van der Waals surface area contributed by atoms with Gasteiger partial charge in [0.05, 0.1) is 0 Å². The lowest BCUT2D eigenvalue weighted by molar-refractivity contribution is -0.122. The van der Waals surface area contributed by atoms with Gasteiger partial charge in [-0.15, -0.1) is 0 Å². The molecule has 5 nitrogen and oxygen atoms in total. The summed E-state index contributed by atoms with van der Waals surface area (Å²) in [7, 11) is 0. The van der Waals surface area contributed by atoms with Crippen LogP contribution in [0.15, 0.2) is 0 Å². The first kappa shape index (κ1) is 22.3. The summed E-state index contributed by atoms with van der Waals surface area (Å²) in [6, 6.07) is 0.286. The molecule has 9 heteroatoms. The van der Waals surface area contributed by atoms with Crippen molar-refractivity contribution in [2.75, 3.05) is 13.1 Å². The third-order valence-corrected chi connectivity index (χ3v) is 5.98. The molecule has 150 valence electrons. The summed E-state index contributed by atoms with van der Waals surface area (Å²) in [5, 5.41) is 12.6. The molecule has 1 amide bonds. The van der Waals surface area contributed by atoms with Crippen molar-refractivity contribution in [3.8, 4) is 0 Å². The van der Waals surface area contributed by atoms with Gasteiger partial charge in [-0.3, -0.25) is 4.79 Å². The van der Waals surface area contributed by atoms with E-state index in [0.29, 0.717) is 17.5 Å². The maximum absolute atomic E-state index is 12.3. The van der Waals surface area contributed by atoms with Crippen LogP contribution < -0.4 is 21.3 Å². The van der Waals surface area contributed by atoms with E-state index < -0.39 is 9.96 Å². The van der Waals surface area contributed by atoms with E-state index in [2.05, 4.69) is 21.3 Å². The minimum absolute atomic E-state index is 0.121. The number of hydrogen-bond acceptors (Lipinski definition) is 3. The molecular weight excluding hydrogens is 415 g/mol. The predicted octanol–water partition coefficient (Wildman–Crippen LogP) is 3.38. The fourth-order valence-electron chi connectivity index (χ4n) is 3.57. The van der Waals surface area contributed by atoms with Crippen molar-refractivity contribution in [3.05, 3.63) is 0 Å². The number of halogens is 3. The van der Waals surface area contributed by atoms with Crippen molar-refractivity contribution < 1.29 is 4.79 Å². The smallest absolute Gasteiger partial charge is 0.228 e. The lowest BCUT2D eigenvalue weighted by Gasteiger charge is -2.30. The normalized spacial score (nSPS) is 21.0. The van der Waals surface area contributed by atoms with Crippen LogP contribution in [-0.2, 0) is 4.79 Å². The summed E-state index contributed by atoms with van der Waals surface area (Å²) in [5.74, 6) is 0.514. The average molecular weight is 444 g/mol. The van der Waals surface area contributed by atoms with Crippen molar-refractivity contribution in [2.24, 2.45) is 5.92 Å². The second-order valence-electron chi connectivity index (χ2n) is 7.23. The Balaban J connectivity index is 1.77. The van der Waals surface area contributed by atoms with Crippen molar-refractivity contribution >= 4 is 58.0 Å². The van der Waals surface area contributed by atoms with E-state index in [9.17, 15) is 4.79 Å². The Morgan fingerprint density at radius 2 is 1.73 bits per heavy atom. The highest BCUT2D eigenvalue weighted by Crippen LogP contribution is 2.30. The maximum Gasteiger partial charge on any atom is 0.228 e. The summed E-state index contributed by atoms with van der Waals surface area (Å²) >= 11 is 23.4. The standard InChI is InChI=1S/C17H29Cl3N4OS/c18-17(19,20)15(24-16(26)22-13-8-10-21-11-9-13)23-14(25)7-6-12-4-2-1-3-5-12/h12-13,15,21H,1-11H2,(H,23,25)(H2,22,24,26). The zero-order valence-electron chi connectivity index (χ0n) is 15.0. The van der Waals surface area contributed by atoms with Crippen LogP contribution in [0.1, 0.15) is 57.8 Å². The molecule has 1 saturated heterocycles. The molecule has 1 aliphatic carbocycles. The van der Waals surface area contributed by atoms with E-state index >= 15 is 0 Å². The van der Waals surface area contributed by atoms with E-state index in [0.717, 1.165) is 32.4 Å². The van der Waals surface area contributed by atoms with Gasteiger partial charge in [0.15, 0.2) is 5.11 Å². The van der Waals surface area contributed by atoms with Gasteiger partial charge in [0, 0.05) is 12.5 Å². The predicted molar refractivity (Wildman–Crippen MR) is 113 cm³/mol. The number of alkyl halides is 3. The highest BCUT2D eigenvalue weighted by atomic mass is 35.6. The lowest BCUT2D eigenvalue weighted by atomic mass is 9.86. The Hall–Kier alpha value is -0.0100. The number of carbonyl (C=O) groups excluding carboxylic acids is 1. The van der Waals surface area contributed by atoms with Crippen LogP contribution in [0.2, 0.25) is 0 Å². The molecule has 2 aliphatic rings. The summed E-state index contributed by atoms with van der Waals surface area (Å²) in [6.45, 7) is 1.90. The van der Waals surface area contributed by atoms with E-state index in [1.165, 1.54) is 32.1 Å². The topological polar surface area (TPSA) is 65.2 Å². The number of nitrogens with one attached hydrogen (secondary N) is 4. The highest BCUT2D eigenvalue weighted by Gasteiger charge is 2.35. The van der Waals surface area contributed by atoms with E-state index in [1.54, 1.807) is 0 Å². The summed E-state index contributed by atoms with van der Waals surface area (Å²) in [5.41, 5.74) is 0. The Morgan fingerprint density at radius 3 is 2.35 bits per heavy atom. The van der Waals surface area contributed by atoms with Crippen LogP contribution in [-0.4, -0.2) is 40.1 Å². The molecule has 0 radical (unpaired) electrons. The molecule has 1 aliphatic heterocycles. The lowest BCUT2D eigenvalue weighted by Crippen LogP contribution is -2.58. The minimum atomic E-state index is -1.69. The van der Waals surface area contributed by atoms with Crippen LogP contribution in [0.25, 0.3) is 0 Å². The molecule has 2 fully saturated rings.